The molecule has 3 rings (SSSR count). The van der Waals surface area contributed by atoms with E-state index in [1.807, 2.05) is 0 Å². The summed E-state index contributed by atoms with van der Waals surface area (Å²) in [7, 11) is 0. The first-order valence-corrected chi connectivity index (χ1v) is 10.2. The molecule has 1 amide bonds. The number of esters is 1. The maximum Gasteiger partial charge on any atom is 0.419 e. The Morgan fingerprint density at radius 1 is 0.969 bits per heavy atom. The van der Waals surface area contributed by atoms with Gasteiger partial charge in [-0.3, -0.25) is 19.4 Å². The minimum atomic E-state index is -0.747. The van der Waals surface area contributed by atoms with Crippen molar-refractivity contribution in [1.29, 1.82) is 0 Å². The predicted molar refractivity (Wildman–Crippen MR) is 117 cm³/mol. The van der Waals surface area contributed by atoms with Crippen LogP contribution in [0.2, 0.25) is 0 Å². The molecule has 166 valence electrons. The van der Waals surface area contributed by atoms with Crippen LogP contribution >= 0.6 is 0 Å². The highest BCUT2D eigenvalue weighted by atomic mass is 16.5. The Hall–Kier alpha value is -4.01. The summed E-state index contributed by atoms with van der Waals surface area (Å²) in [4.78, 5) is 54.4. The molecule has 0 atom stereocenters. The number of pyridine rings is 1. The zero-order valence-corrected chi connectivity index (χ0v) is 17.8. The standard InChI is InChI=1S/C23H23N3O6/c1-3-31-19(28)12-11-18(27)25-20-16-9-5-6-10-17(16)26(23(30)32-4-2)21(20)22(29)15-8-7-13-24-14-15/h5-10,13-14H,3-4,11-12H2,1-2H3,(H,25,27). The third kappa shape index (κ3) is 4.83. The van der Waals surface area contributed by atoms with Gasteiger partial charge >= 0.3 is 12.1 Å². The highest BCUT2D eigenvalue weighted by molar-refractivity contribution is 6.21. The van der Waals surface area contributed by atoms with Gasteiger partial charge in [-0.1, -0.05) is 18.2 Å². The van der Waals surface area contributed by atoms with Crippen LogP contribution in [-0.4, -0.2) is 46.5 Å². The van der Waals surface area contributed by atoms with E-state index in [-0.39, 0.29) is 43.0 Å². The van der Waals surface area contributed by atoms with Gasteiger partial charge < -0.3 is 14.8 Å². The summed E-state index contributed by atoms with van der Waals surface area (Å²) in [6, 6.07) is 9.94. The Morgan fingerprint density at radius 3 is 2.41 bits per heavy atom. The number of benzene rings is 1. The van der Waals surface area contributed by atoms with Crippen molar-refractivity contribution in [3.05, 3.63) is 60.0 Å². The molecule has 0 saturated carbocycles. The third-order valence-corrected chi connectivity index (χ3v) is 4.59. The minimum Gasteiger partial charge on any atom is -0.466 e. The van der Waals surface area contributed by atoms with Crippen LogP contribution in [0.25, 0.3) is 10.9 Å². The number of hydrogen-bond acceptors (Lipinski definition) is 7. The van der Waals surface area contributed by atoms with Crippen LogP contribution in [0.4, 0.5) is 10.5 Å². The number of hydrogen-bond donors (Lipinski definition) is 1. The summed E-state index contributed by atoms with van der Waals surface area (Å²) >= 11 is 0. The maximum absolute atomic E-state index is 13.4. The first-order valence-electron chi connectivity index (χ1n) is 10.2. The van der Waals surface area contributed by atoms with Crippen LogP contribution < -0.4 is 5.32 Å². The van der Waals surface area contributed by atoms with Crippen molar-refractivity contribution in [3.8, 4) is 0 Å². The van der Waals surface area contributed by atoms with Crippen LogP contribution in [-0.2, 0) is 19.1 Å². The SMILES string of the molecule is CCOC(=O)CCC(=O)Nc1c(C(=O)c2cccnc2)n(C(=O)OCC)c2ccccc12. The fraction of sp³-hybridized carbons (Fsp3) is 0.261. The van der Waals surface area contributed by atoms with E-state index in [1.165, 1.54) is 12.4 Å². The molecule has 3 aromatic rings. The van der Waals surface area contributed by atoms with Crippen molar-refractivity contribution in [2.75, 3.05) is 18.5 Å². The molecule has 0 fully saturated rings. The van der Waals surface area contributed by atoms with Crippen molar-refractivity contribution in [3.63, 3.8) is 0 Å². The van der Waals surface area contributed by atoms with Crippen molar-refractivity contribution in [1.82, 2.24) is 9.55 Å². The Morgan fingerprint density at radius 2 is 1.72 bits per heavy atom. The maximum atomic E-state index is 13.4. The molecule has 0 aliphatic rings. The largest absolute Gasteiger partial charge is 0.466 e. The number of rotatable bonds is 8. The van der Waals surface area contributed by atoms with Crippen LogP contribution in [0.1, 0.15) is 42.7 Å². The number of carbonyl (C=O) groups is 4. The average Bonchev–Trinajstić information content (AvgIpc) is 3.12. The van der Waals surface area contributed by atoms with E-state index in [9.17, 15) is 19.2 Å². The number of fused-ring (bicyclic) bond motifs is 1. The second-order valence-corrected chi connectivity index (χ2v) is 6.70. The van der Waals surface area contributed by atoms with E-state index in [0.717, 1.165) is 4.57 Å². The lowest BCUT2D eigenvalue weighted by Crippen LogP contribution is -2.22. The Bertz CT molecular complexity index is 1150. The number of ether oxygens (including phenoxy) is 2. The smallest absolute Gasteiger partial charge is 0.419 e. The zero-order chi connectivity index (χ0) is 23.1. The van der Waals surface area contributed by atoms with E-state index >= 15 is 0 Å². The molecular weight excluding hydrogens is 414 g/mol. The molecule has 1 N–H and O–H groups in total. The van der Waals surface area contributed by atoms with Crippen LogP contribution in [0.15, 0.2) is 48.8 Å². The average molecular weight is 437 g/mol. The quantitative estimate of drug-likeness (QED) is 0.423. The molecule has 9 heteroatoms. The zero-order valence-electron chi connectivity index (χ0n) is 17.8. The number of amides is 1. The number of aromatic nitrogens is 2. The van der Waals surface area contributed by atoms with E-state index in [2.05, 4.69) is 10.3 Å². The van der Waals surface area contributed by atoms with E-state index < -0.39 is 23.8 Å². The van der Waals surface area contributed by atoms with Crippen LogP contribution in [0.5, 0.6) is 0 Å². The summed E-state index contributed by atoms with van der Waals surface area (Å²) < 4.78 is 11.2. The van der Waals surface area contributed by atoms with Gasteiger partial charge in [0.2, 0.25) is 11.7 Å². The Labute approximate surface area is 184 Å². The van der Waals surface area contributed by atoms with E-state index in [4.69, 9.17) is 9.47 Å². The summed E-state index contributed by atoms with van der Waals surface area (Å²) in [6.45, 7) is 3.66. The monoisotopic (exact) mass is 437 g/mol. The van der Waals surface area contributed by atoms with E-state index in [1.54, 1.807) is 50.2 Å². The summed E-state index contributed by atoms with van der Waals surface area (Å²) in [5, 5.41) is 3.19. The van der Waals surface area contributed by atoms with Gasteiger partial charge in [0.1, 0.15) is 5.69 Å². The molecule has 9 nitrogen and oxygen atoms in total. The summed E-state index contributed by atoms with van der Waals surface area (Å²) in [5.41, 5.74) is 0.750. The molecular formula is C23H23N3O6. The second kappa shape index (κ2) is 10.3. The first kappa shape index (κ1) is 22.7. The number of para-hydroxylation sites is 1. The third-order valence-electron chi connectivity index (χ3n) is 4.59. The van der Waals surface area contributed by atoms with Gasteiger partial charge in [0.15, 0.2) is 0 Å². The molecule has 0 bridgehead atoms. The van der Waals surface area contributed by atoms with E-state index in [0.29, 0.717) is 10.9 Å². The van der Waals surface area contributed by atoms with Crippen molar-refractivity contribution in [2.24, 2.45) is 0 Å². The van der Waals surface area contributed by atoms with Crippen molar-refractivity contribution < 1.29 is 28.7 Å². The van der Waals surface area contributed by atoms with Gasteiger partial charge in [-0.05, 0) is 32.0 Å². The molecule has 0 saturated heterocycles. The lowest BCUT2D eigenvalue weighted by Gasteiger charge is -2.11. The first-order chi connectivity index (χ1) is 15.5. The van der Waals surface area contributed by atoms with Gasteiger partial charge in [-0.25, -0.2) is 9.36 Å². The second-order valence-electron chi connectivity index (χ2n) is 6.70. The molecule has 1 aromatic carbocycles. The van der Waals surface area contributed by atoms with Gasteiger partial charge in [-0.2, -0.15) is 0 Å². The molecule has 0 spiro atoms. The van der Waals surface area contributed by atoms with Gasteiger partial charge in [0, 0.05) is 29.8 Å². The fourth-order valence-corrected chi connectivity index (χ4v) is 3.24. The number of nitrogens with one attached hydrogen (secondary N) is 1. The normalized spacial score (nSPS) is 10.6. The number of carbonyl (C=O) groups excluding carboxylic acids is 4. The number of anilines is 1. The molecule has 2 heterocycles. The predicted octanol–water partition coefficient (Wildman–Crippen LogP) is 3.55. The number of nitrogens with zero attached hydrogens (tertiary/aromatic N) is 2. The molecule has 0 radical (unpaired) electrons. The molecule has 32 heavy (non-hydrogen) atoms. The topological polar surface area (TPSA) is 117 Å². The van der Waals surface area contributed by atoms with Crippen molar-refractivity contribution in [2.45, 2.75) is 26.7 Å². The lowest BCUT2D eigenvalue weighted by atomic mass is 10.1. The van der Waals surface area contributed by atoms with Gasteiger partial charge in [0.05, 0.1) is 30.8 Å². The lowest BCUT2D eigenvalue weighted by molar-refractivity contribution is -0.144. The van der Waals surface area contributed by atoms with Crippen LogP contribution in [0, 0.1) is 0 Å². The summed E-state index contributed by atoms with van der Waals surface area (Å²) in [5.74, 6) is -1.50. The van der Waals surface area contributed by atoms with Crippen molar-refractivity contribution >= 4 is 40.3 Å². The highest BCUT2D eigenvalue weighted by Crippen LogP contribution is 2.33. The minimum absolute atomic E-state index is 0.0536. The van der Waals surface area contributed by atoms with Gasteiger partial charge in [-0.15, -0.1) is 0 Å². The summed E-state index contributed by atoms with van der Waals surface area (Å²) in [6.07, 6.45) is 1.90. The Balaban J connectivity index is 2.09. The highest BCUT2D eigenvalue weighted by Gasteiger charge is 2.29. The molecule has 0 unspecified atom stereocenters. The molecule has 0 aliphatic heterocycles. The Kier molecular flexibility index (Phi) is 7.33. The molecule has 0 aliphatic carbocycles. The van der Waals surface area contributed by atoms with Crippen LogP contribution in [0.3, 0.4) is 0 Å². The molecule has 2 aromatic heterocycles. The fourth-order valence-electron chi connectivity index (χ4n) is 3.24. The van der Waals surface area contributed by atoms with Gasteiger partial charge in [0.25, 0.3) is 0 Å². The number of ketones is 1.